The summed E-state index contributed by atoms with van der Waals surface area (Å²) >= 11 is 0. The number of halogens is 3. The van der Waals surface area contributed by atoms with Gasteiger partial charge in [0.25, 0.3) is 0 Å². The van der Waals surface area contributed by atoms with Crippen molar-refractivity contribution >= 4 is 0 Å². The lowest BCUT2D eigenvalue weighted by Gasteiger charge is -2.34. The molecule has 0 heterocycles. The van der Waals surface area contributed by atoms with Crippen molar-refractivity contribution in [1.29, 1.82) is 0 Å². The van der Waals surface area contributed by atoms with E-state index in [1.807, 2.05) is 0 Å². The first-order chi connectivity index (χ1) is 7.01. The monoisotopic (exact) mass is 227 g/mol. The van der Waals surface area contributed by atoms with Gasteiger partial charge in [-0.1, -0.05) is 0 Å². The molecule has 0 saturated heterocycles. The third-order valence-corrected chi connectivity index (χ3v) is 2.37. The molecule has 1 aliphatic rings. The highest BCUT2D eigenvalue weighted by Crippen LogP contribution is 2.28. The van der Waals surface area contributed by atoms with E-state index in [1.165, 1.54) is 0 Å². The summed E-state index contributed by atoms with van der Waals surface area (Å²) in [5.74, 6) is 0.520. The zero-order chi connectivity index (χ0) is 11.3. The van der Waals surface area contributed by atoms with Crippen LogP contribution in [-0.4, -0.2) is 38.6 Å². The van der Waals surface area contributed by atoms with E-state index >= 15 is 0 Å². The number of alkyl halides is 3. The average Bonchev–Trinajstić information content (AvgIpc) is 2.05. The molecule has 1 fully saturated rings. The van der Waals surface area contributed by atoms with Gasteiger partial charge >= 0.3 is 6.18 Å². The molecular weight excluding hydrogens is 211 g/mol. The molecule has 0 radical (unpaired) electrons. The van der Waals surface area contributed by atoms with Crippen LogP contribution in [0.3, 0.4) is 0 Å². The first-order valence-corrected chi connectivity index (χ1v) is 4.97. The second-order valence-corrected chi connectivity index (χ2v) is 3.73. The standard InChI is InChI=1S/C9H16F3NO2/c10-9(11,12)6-14-1-2-15-8-3-7(4-8)5-13/h7-8H,1-6,13H2. The second kappa shape index (κ2) is 5.67. The molecule has 1 aliphatic carbocycles. The van der Waals surface area contributed by atoms with Gasteiger partial charge in [-0.15, -0.1) is 0 Å². The fourth-order valence-corrected chi connectivity index (χ4v) is 1.46. The minimum absolute atomic E-state index is 0.0106. The summed E-state index contributed by atoms with van der Waals surface area (Å²) in [4.78, 5) is 0. The highest BCUT2D eigenvalue weighted by molar-refractivity contribution is 4.80. The largest absolute Gasteiger partial charge is 0.411 e. The van der Waals surface area contributed by atoms with Crippen LogP contribution in [0.1, 0.15) is 12.8 Å². The Bertz CT molecular complexity index is 181. The molecular formula is C9H16F3NO2. The second-order valence-electron chi connectivity index (χ2n) is 3.73. The van der Waals surface area contributed by atoms with Gasteiger partial charge < -0.3 is 15.2 Å². The van der Waals surface area contributed by atoms with Crippen molar-refractivity contribution in [2.75, 3.05) is 26.4 Å². The zero-order valence-corrected chi connectivity index (χ0v) is 8.43. The van der Waals surface area contributed by atoms with Gasteiger partial charge in [0, 0.05) is 0 Å². The molecule has 2 N–H and O–H groups in total. The summed E-state index contributed by atoms with van der Waals surface area (Å²) in [6.45, 7) is -0.335. The molecule has 0 aromatic carbocycles. The summed E-state index contributed by atoms with van der Waals surface area (Å²) < 4.78 is 44.6. The Hall–Kier alpha value is -0.330. The van der Waals surface area contributed by atoms with Gasteiger partial charge in [0.15, 0.2) is 0 Å². The quantitative estimate of drug-likeness (QED) is 0.696. The van der Waals surface area contributed by atoms with Crippen LogP contribution in [-0.2, 0) is 9.47 Å². The summed E-state index contributed by atoms with van der Waals surface area (Å²) in [5.41, 5.74) is 5.42. The molecule has 90 valence electrons. The molecule has 3 nitrogen and oxygen atoms in total. The SMILES string of the molecule is NCC1CC(OCCOCC(F)(F)F)C1. The lowest BCUT2D eigenvalue weighted by atomic mass is 9.82. The van der Waals surface area contributed by atoms with Gasteiger partial charge in [-0.05, 0) is 25.3 Å². The van der Waals surface area contributed by atoms with E-state index in [-0.39, 0.29) is 19.3 Å². The molecule has 0 bridgehead atoms. The van der Waals surface area contributed by atoms with Crippen LogP contribution in [0.25, 0.3) is 0 Å². The summed E-state index contributed by atoms with van der Waals surface area (Å²) in [5, 5.41) is 0. The van der Waals surface area contributed by atoms with E-state index < -0.39 is 12.8 Å². The normalized spacial score (nSPS) is 26.4. The predicted molar refractivity (Wildman–Crippen MR) is 48.4 cm³/mol. The van der Waals surface area contributed by atoms with Crippen molar-refractivity contribution in [3.05, 3.63) is 0 Å². The first kappa shape index (κ1) is 12.7. The van der Waals surface area contributed by atoms with E-state index in [0.29, 0.717) is 12.5 Å². The molecule has 1 saturated carbocycles. The van der Waals surface area contributed by atoms with Crippen LogP contribution in [0.5, 0.6) is 0 Å². The van der Waals surface area contributed by atoms with E-state index in [2.05, 4.69) is 4.74 Å². The molecule has 0 aliphatic heterocycles. The maximum Gasteiger partial charge on any atom is 0.411 e. The van der Waals surface area contributed by atoms with Crippen molar-refractivity contribution in [2.45, 2.75) is 25.1 Å². The van der Waals surface area contributed by atoms with Crippen molar-refractivity contribution in [1.82, 2.24) is 0 Å². The van der Waals surface area contributed by atoms with E-state index in [0.717, 1.165) is 12.8 Å². The Morgan fingerprint density at radius 1 is 1.20 bits per heavy atom. The average molecular weight is 227 g/mol. The fourth-order valence-electron chi connectivity index (χ4n) is 1.46. The topological polar surface area (TPSA) is 44.5 Å². The zero-order valence-electron chi connectivity index (χ0n) is 8.43. The number of rotatable bonds is 6. The van der Waals surface area contributed by atoms with E-state index in [1.54, 1.807) is 0 Å². The number of hydrogen-bond donors (Lipinski definition) is 1. The summed E-state index contributed by atoms with van der Waals surface area (Å²) in [7, 11) is 0. The number of nitrogens with two attached hydrogens (primary N) is 1. The third-order valence-electron chi connectivity index (χ3n) is 2.37. The van der Waals surface area contributed by atoms with Crippen molar-refractivity contribution in [3.8, 4) is 0 Å². The minimum atomic E-state index is -4.25. The third kappa shape index (κ3) is 5.34. The van der Waals surface area contributed by atoms with Crippen molar-refractivity contribution in [3.63, 3.8) is 0 Å². The van der Waals surface area contributed by atoms with Crippen LogP contribution < -0.4 is 5.73 Å². The molecule has 0 atom stereocenters. The van der Waals surface area contributed by atoms with Crippen molar-refractivity contribution < 1.29 is 22.6 Å². The molecule has 0 spiro atoms. The molecule has 0 unspecified atom stereocenters. The first-order valence-electron chi connectivity index (χ1n) is 4.97. The Labute approximate surface area is 86.7 Å². The number of ether oxygens (including phenoxy) is 2. The Balaban J connectivity index is 1.86. The maximum absolute atomic E-state index is 11.6. The Morgan fingerprint density at radius 3 is 2.40 bits per heavy atom. The Kier molecular flexibility index (Phi) is 4.82. The van der Waals surface area contributed by atoms with Gasteiger partial charge in [0.2, 0.25) is 0 Å². The molecule has 0 amide bonds. The fraction of sp³-hybridized carbons (Fsp3) is 1.00. The molecule has 15 heavy (non-hydrogen) atoms. The highest BCUT2D eigenvalue weighted by Gasteiger charge is 2.29. The van der Waals surface area contributed by atoms with Crippen LogP contribution in [0.15, 0.2) is 0 Å². The Morgan fingerprint density at radius 2 is 1.87 bits per heavy atom. The lowest BCUT2D eigenvalue weighted by Crippen LogP contribution is -2.36. The molecule has 0 aromatic rings. The highest BCUT2D eigenvalue weighted by atomic mass is 19.4. The van der Waals surface area contributed by atoms with Gasteiger partial charge in [0.1, 0.15) is 6.61 Å². The van der Waals surface area contributed by atoms with Crippen LogP contribution in [0.4, 0.5) is 13.2 Å². The number of hydrogen-bond acceptors (Lipinski definition) is 3. The van der Waals surface area contributed by atoms with E-state index in [9.17, 15) is 13.2 Å². The lowest BCUT2D eigenvalue weighted by molar-refractivity contribution is -0.178. The molecule has 6 heteroatoms. The van der Waals surface area contributed by atoms with Crippen LogP contribution in [0.2, 0.25) is 0 Å². The van der Waals surface area contributed by atoms with Crippen molar-refractivity contribution in [2.24, 2.45) is 11.7 Å². The van der Waals surface area contributed by atoms with Gasteiger partial charge in [0.05, 0.1) is 19.3 Å². The summed E-state index contributed by atoms with van der Waals surface area (Å²) in [6.07, 6.45) is -2.26. The van der Waals surface area contributed by atoms with Crippen LogP contribution in [0, 0.1) is 5.92 Å². The van der Waals surface area contributed by atoms with Crippen LogP contribution >= 0.6 is 0 Å². The van der Waals surface area contributed by atoms with E-state index in [4.69, 9.17) is 10.5 Å². The van der Waals surface area contributed by atoms with Gasteiger partial charge in [-0.25, -0.2) is 0 Å². The smallest absolute Gasteiger partial charge is 0.376 e. The van der Waals surface area contributed by atoms with Gasteiger partial charge in [-0.3, -0.25) is 0 Å². The summed E-state index contributed by atoms with van der Waals surface area (Å²) in [6, 6.07) is 0. The predicted octanol–water partition coefficient (Wildman–Crippen LogP) is 1.32. The maximum atomic E-state index is 11.6. The molecule has 1 rings (SSSR count). The molecule has 0 aromatic heterocycles. The van der Waals surface area contributed by atoms with Gasteiger partial charge in [-0.2, -0.15) is 13.2 Å². The minimum Gasteiger partial charge on any atom is -0.376 e.